The van der Waals surface area contributed by atoms with Gasteiger partial charge in [-0.2, -0.15) is 23.4 Å². The van der Waals surface area contributed by atoms with Crippen molar-refractivity contribution in [2.45, 2.75) is 69.6 Å². The number of nitrogens with zero attached hydrogens (tertiary/aromatic N) is 6. The number of rotatable bonds is 3. The molecule has 1 atom stereocenters. The van der Waals surface area contributed by atoms with E-state index < -0.39 is 12.7 Å². The van der Waals surface area contributed by atoms with Crippen molar-refractivity contribution in [2.24, 2.45) is 0 Å². The Hall–Kier alpha value is -1.93. The Labute approximate surface area is 137 Å². The molecule has 3 heterocycles. The lowest BCUT2D eigenvalue weighted by Crippen LogP contribution is -2.26. The Morgan fingerprint density at radius 1 is 1.12 bits per heavy atom. The molecular weight excluding hydrogens is 321 g/mol. The number of hydrogen-bond donors (Lipinski definition) is 0. The maximum Gasteiger partial charge on any atom is 0.408 e. The molecule has 9 heteroatoms. The molecule has 0 aromatic carbocycles. The van der Waals surface area contributed by atoms with Gasteiger partial charge in [-0.3, -0.25) is 0 Å². The van der Waals surface area contributed by atoms with Crippen LogP contribution in [0.15, 0.2) is 6.33 Å². The van der Waals surface area contributed by atoms with E-state index in [0.29, 0.717) is 24.6 Å². The molecule has 2 aliphatic rings. The normalized spacial score (nSPS) is 22.0. The van der Waals surface area contributed by atoms with E-state index in [0.717, 1.165) is 42.6 Å². The molecule has 24 heavy (non-hydrogen) atoms. The van der Waals surface area contributed by atoms with Gasteiger partial charge in [0.1, 0.15) is 24.5 Å². The molecule has 0 saturated heterocycles. The molecule has 1 fully saturated rings. The van der Waals surface area contributed by atoms with Crippen molar-refractivity contribution >= 4 is 0 Å². The van der Waals surface area contributed by atoms with Crippen LogP contribution < -0.4 is 0 Å². The molecule has 6 nitrogen and oxygen atoms in total. The molecule has 0 N–H and O–H groups in total. The highest BCUT2D eigenvalue weighted by Gasteiger charge is 2.34. The van der Waals surface area contributed by atoms with Crippen LogP contribution in [0.1, 0.15) is 61.4 Å². The van der Waals surface area contributed by atoms with E-state index >= 15 is 0 Å². The second kappa shape index (κ2) is 5.86. The minimum Gasteiger partial charge on any atom is -0.249 e. The smallest absolute Gasteiger partial charge is 0.249 e. The number of aromatic nitrogens is 6. The number of alkyl halides is 3. The lowest BCUT2D eigenvalue weighted by atomic mass is 9.98. The average molecular weight is 340 g/mol. The molecule has 1 aliphatic carbocycles. The molecule has 0 bridgehead atoms. The van der Waals surface area contributed by atoms with E-state index in [9.17, 15) is 13.2 Å². The monoisotopic (exact) mass is 340 g/mol. The molecule has 1 saturated carbocycles. The first kappa shape index (κ1) is 15.6. The van der Waals surface area contributed by atoms with Crippen molar-refractivity contribution in [3.8, 4) is 0 Å². The zero-order chi connectivity index (χ0) is 16.7. The van der Waals surface area contributed by atoms with E-state index in [-0.39, 0.29) is 11.8 Å². The van der Waals surface area contributed by atoms with Crippen LogP contribution >= 0.6 is 0 Å². The summed E-state index contributed by atoms with van der Waals surface area (Å²) in [7, 11) is 0. The number of aryl methyl sites for hydroxylation is 1. The third kappa shape index (κ3) is 3.03. The van der Waals surface area contributed by atoms with Gasteiger partial charge in [-0.1, -0.05) is 12.8 Å². The molecule has 0 radical (unpaired) electrons. The van der Waals surface area contributed by atoms with Gasteiger partial charge in [0.05, 0.1) is 6.54 Å². The van der Waals surface area contributed by atoms with Gasteiger partial charge < -0.3 is 0 Å². The zero-order valence-corrected chi connectivity index (χ0v) is 13.2. The first-order valence-electron chi connectivity index (χ1n) is 8.37. The first-order chi connectivity index (χ1) is 11.5. The molecular formula is C15H19F3N6. The van der Waals surface area contributed by atoms with Crippen LogP contribution in [-0.2, 0) is 19.5 Å². The minimum atomic E-state index is -4.30. The van der Waals surface area contributed by atoms with Crippen molar-refractivity contribution in [1.82, 2.24) is 29.5 Å². The zero-order valence-electron chi connectivity index (χ0n) is 13.2. The van der Waals surface area contributed by atoms with E-state index in [4.69, 9.17) is 0 Å². The van der Waals surface area contributed by atoms with Gasteiger partial charge in [0.25, 0.3) is 0 Å². The minimum absolute atomic E-state index is 0.107. The third-order valence-electron chi connectivity index (χ3n) is 4.94. The summed E-state index contributed by atoms with van der Waals surface area (Å²) >= 11 is 0. The largest absolute Gasteiger partial charge is 0.408 e. The van der Waals surface area contributed by atoms with Crippen molar-refractivity contribution < 1.29 is 13.2 Å². The Kier molecular flexibility index (Phi) is 3.80. The predicted octanol–water partition coefficient (Wildman–Crippen LogP) is 2.82. The van der Waals surface area contributed by atoms with Crippen LogP contribution in [0.3, 0.4) is 0 Å². The first-order valence-corrected chi connectivity index (χ1v) is 8.37. The fourth-order valence-corrected chi connectivity index (χ4v) is 3.77. The summed E-state index contributed by atoms with van der Waals surface area (Å²) in [5, 5.41) is 8.38. The lowest BCUT2D eigenvalue weighted by Gasteiger charge is -2.22. The maximum absolute atomic E-state index is 12.9. The Bertz CT molecular complexity index is 713. The molecule has 1 unspecified atom stereocenters. The standard InChI is InChI=1S/C15H19F3N6/c16-15(17,18)8-24-14(21-13(22-24)10-3-1-2-4-10)11-5-6-12-19-9-20-23(12)7-11/h9-11H,1-8H2. The van der Waals surface area contributed by atoms with Crippen molar-refractivity contribution in [3.05, 3.63) is 23.8 Å². The van der Waals surface area contributed by atoms with Crippen molar-refractivity contribution in [1.29, 1.82) is 0 Å². The number of halogens is 3. The molecule has 0 spiro atoms. The number of hydrogen-bond acceptors (Lipinski definition) is 4. The molecule has 130 valence electrons. The fourth-order valence-electron chi connectivity index (χ4n) is 3.77. The van der Waals surface area contributed by atoms with Crippen LogP contribution in [0.4, 0.5) is 13.2 Å². The average Bonchev–Trinajstić information content (AvgIpc) is 3.25. The molecule has 0 amide bonds. The summed E-state index contributed by atoms with van der Waals surface area (Å²) in [4.78, 5) is 8.71. The van der Waals surface area contributed by atoms with E-state index in [1.54, 1.807) is 4.68 Å². The van der Waals surface area contributed by atoms with Crippen LogP contribution in [0.5, 0.6) is 0 Å². The van der Waals surface area contributed by atoms with Crippen molar-refractivity contribution in [2.75, 3.05) is 0 Å². The highest BCUT2D eigenvalue weighted by atomic mass is 19.4. The van der Waals surface area contributed by atoms with Gasteiger partial charge in [0, 0.05) is 18.3 Å². The quantitative estimate of drug-likeness (QED) is 0.862. The third-order valence-corrected chi connectivity index (χ3v) is 4.94. The second-order valence-electron chi connectivity index (χ2n) is 6.68. The highest BCUT2D eigenvalue weighted by molar-refractivity contribution is 5.08. The highest BCUT2D eigenvalue weighted by Crippen LogP contribution is 2.35. The van der Waals surface area contributed by atoms with Crippen LogP contribution in [0, 0.1) is 0 Å². The van der Waals surface area contributed by atoms with E-state index in [1.165, 1.54) is 6.33 Å². The lowest BCUT2D eigenvalue weighted by molar-refractivity contribution is -0.143. The Morgan fingerprint density at radius 2 is 1.92 bits per heavy atom. The van der Waals surface area contributed by atoms with Crippen molar-refractivity contribution in [3.63, 3.8) is 0 Å². The molecule has 2 aromatic rings. The maximum atomic E-state index is 12.9. The predicted molar refractivity (Wildman–Crippen MR) is 78.4 cm³/mol. The van der Waals surface area contributed by atoms with Gasteiger partial charge in [-0.05, 0) is 19.3 Å². The fraction of sp³-hybridized carbons (Fsp3) is 0.733. The summed E-state index contributed by atoms with van der Waals surface area (Å²) < 4.78 is 41.7. The summed E-state index contributed by atoms with van der Waals surface area (Å²) in [5.41, 5.74) is 0. The van der Waals surface area contributed by atoms with Gasteiger partial charge >= 0.3 is 6.18 Å². The van der Waals surface area contributed by atoms with E-state index in [1.807, 2.05) is 0 Å². The summed E-state index contributed by atoms with van der Waals surface area (Å²) in [5.74, 6) is 1.99. The van der Waals surface area contributed by atoms with Crippen LogP contribution in [-0.4, -0.2) is 35.7 Å². The molecule has 1 aliphatic heterocycles. The second-order valence-corrected chi connectivity index (χ2v) is 6.68. The van der Waals surface area contributed by atoms with Crippen LogP contribution in [0.25, 0.3) is 0 Å². The van der Waals surface area contributed by atoms with Gasteiger partial charge in [0.15, 0.2) is 5.82 Å². The Balaban J connectivity index is 1.65. The molecule has 4 rings (SSSR count). The van der Waals surface area contributed by atoms with E-state index in [2.05, 4.69) is 20.2 Å². The van der Waals surface area contributed by atoms with Gasteiger partial charge in [0.2, 0.25) is 0 Å². The SMILES string of the molecule is FC(F)(F)Cn1nc(C2CCCC2)nc1C1CCc2ncnn2C1. The summed E-state index contributed by atoms with van der Waals surface area (Å²) in [6.45, 7) is -0.571. The number of fused-ring (bicyclic) bond motifs is 1. The topological polar surface area (TPSA) is 61.4 Å². The Morgan fingerprint density at radius 3 is 2.67 bits per heavy atom. The van der Waals surface area contributed by atoms with Gasteiger partial charge in [-0.15, -0.1) is 0 Å². The molecule has 2 aromatic heterocycles. The van der Waals surface area contributed by atoms with Gasteiger partial charge in [-0.25, -0.2) is 19.3 Å². The van der Waals surface area contributed by atoms with Crippen LogP contribution in [0.2, 0.25) is 0 Å². The summed E-state index contributed by atoms with van der Waals surface area (Å²) in [6.07, 6.45) is 2.73. The summed E-state index contributed by atoms with van der Waals surface area (Å²) in [6, 6.07) is 0.